The summed E-state index contributed by atoms with van der Waals surface area (Å²) in [6.07, 6.45) is 1.80. The van der Waals surface area contributed by atoms with Crippen LogP contribution in [0.5, 0.6) is 0 Å². The summed E-state index contributed by atoms with van der Waals surface area (Å²) < 4.78 is 0. The summed E-state index contributed by atoms with van der Waals surface area (Å²) in [5.41, 5.74) is 7.77. The van der Waals surface area contributed by atoms with Crippen molar-refractivity contribution in [2.24, 2.45) is 0 Å². The van der Waals surface area contributed by atoms with E-state index in [-0.39, 0.29) is 5.91 Å². The first-order chi connectivity index (χ1) is 8.58. The van der Waals surface area contributed by atoms with Gasteiger partial charge in [-0.15, -0.1) is 0 Å². The number of nitrogens with one attached hydrogen (secondary N) is 2. The number of anilines is 1. The number of amides is 1. The molecule has 0 radical (unpaired) electrons. The fourth-order valence-electron chi connectivity index (χ4n) is 1.82. The van der Waals surface area contributed by atoms with Crippen molar-refractivity contribution in [3.8, 4) is 0 Å². The summed E-state index contributed by atoms with van der Waals surface area (Å²) in [6, 6.07) is 5.38. The molecule has 1 heterocycles. The molecule has 0 aliphatic heterocycles. The van der Waals surface area contributed by atoms with Crippen LogP contribution in [0.1, 0.15) is 23.7 Å². The molecule has 0 bridgehead atoms. The van der Waals surface area contributed by atoms with E-state index in [9.17, 15) is 4.79 Å². The minimum Gasteiger partial charge on any atom is -0.399 e. The van der Waals surface area contributed by atoms with Crippen molar-refractivity contribution in [3.63, 3.8) is 0 Å². The van der Waals surface area contributed by atoms with Gasteiger partial charge in [-0.2, -0.15) is 0 Å². The lowest BCUT2D eigenvalue weighted by molar-refractivity contribution is 0.0947. The smallest absolute Gasteiger partial charge is 0.253 e. The molecular weight excluding hydrogens is 230 g/mol. The molecule has 2 rings (SSSR count). The molecule has 0 fully saturated rings. The van der Waals surface area contributed by atoms with E-state index < -0.39 is 6.10 Å². The molecule has 5 nitrogen and oxygen atoms in total. The van der Waals surface area contributed by atoms with E-state index in [1.54, 1.807) is 25.3 Å². The van der Waals surface area contributed by atoms with E-state index in [0.717, 1.165) is 10.9 Å². The fourth-order valence-corrected chi connectivity index (χ4v) is 1.82. The minimum absolute atomic E-state index is 0.147. The van der Waals surface area contributed by atoms with Gasteiger partial charge < -0.3 is 21.1 Å². The fraction of sp³-hybridized carbons (Fsp3) is 0.308. The van der Waals surface area contributed by atoms with Crippen LogP contribution in [0, 0.1) is 0 Å². The third kappa shape index (κ3) is 2.62. The molecule has 1 amide bonds. The van der Waals surface area contributed by atoms with Gasteiger partial charge in [0, 0.05) is 29.3 Å². The normalized spacial score (nSPS) is 12.6. The molecule has 1 aromatic heterocycles. The number of carbonyl (C=O) groups is 1. The van der Waals surface area contributed by atoms with Crippen molar-refractivity contribution < 1.29 is 9.90 Å². The standard InChI is InChI=1S/C13H17N3O2/c1-8(17)4-5-15-13(18)11-7-16-12-6-9(14)2-3-10(11)12/h2-3,6-8,16-17H,4-5,14H2,1H3,(H,15,18). The van der Waals surface area contributed by atoms with Crippen LogP contribution >= 0.6 is 0 Å². The number of hydrogen-bond acceptors (Lipinski definition) is 3. The number of aliphatic hydroxyl groups is 1. The lowest BCUT2D eigenvalue weighted by Gasteiger charge is -2.06. The van der Waals surface area contributed by atoms with Gasteiger partial charge in [0.2, 0.25) is 0 Å². The van der Waals surface area contributed by atoms with E-state index >= 15 is 0 Å². The molecule has 0 aliphatic rings. The number of aliphatic hydroxyl groups excluding tert-OH is 1. The van der Waals surface area contributed by atoms with Gasteiger partial charge >= 0.3 is 0 Å². The quantitative estimate of drug-likeness (QED) is 0.613. The molecule has 0 saturated carbocycles. The van der Waals surface area contributed by atoms with Gasteiger partial charge in [0.05, 0.1) is 11.7 Å². The summed E-state index contributed by atoms with van der Waals surface area (Å²) >= 11 is 0. The third-order valence-corrected chi connectivity index (χ3v) is 2.80. The zero-order valence-corrected chi connectivity index (χ0v) is 10.2. The molecular formula is C13H17N3O2. The SMILES string of the molecule is CC(O)CCNC(=O)c1c[nH]c2cc(N)ccc12. The highest BCUT2D eigenvalue weighted by Gasteiger charge is 2.11. The first kappa shape index (κ1) is 12.4. The molecule has 1 unspecified atom stereocenters. The van der Waals surface area contributed by atoms with Crippen molar-refractivity contribution in [2.75, 3.05) is 12.3 Å². The van der Waals surface area contributed by atoms with Gasteiger partial charge in [0.1, 0.15) is 0 Å². The molecule has 96 valence electrons. The number of H-pyrrole nitrogens is 1. The van der Waals surface area contributed by atoms with Gasteiger partial charge in [-0.1, -0.05) is 0 Å². The van der Waals surface area contributed by atoms with Crippen molar-refractivity contribution >= 4 is 22.5 Å². The maximum atomic E-state index is 11.9. The zero-order valence-electron chi connectivity index (χ0n) is 10.2. The highest BCUT2D eigenvalue weighted by atomic mass is 16.3. The topological polar surface area (TPSA) is 91.1 Å². The predicted molar refractivity (Wildman–Crippen MR) is 71.3 cm³/mol. The van der Waals surface area contributed by atoms with Gasteiger partial charge in [-0.05, 0) is 31.5 Å². The van der Waals surface area contributed by atoms with Crippen LogP contribution < -0.4 is 11.1 Å². The Labute approximate surface area is 105 Å². The molecule has 0 spiro atoms. The van der Waals surface area contributed by atoms with Crippen molar-refractivity contribution in [1.82, 2.24) is 10.3 Å². The van der Waals surface area contributed by atoms with Crippen LogP contribution in [0.2, 0.25) is 0 Å². The van der Waals surface area contributed by atoms with E-state index in [0.29, 0.717) is 24.2 Å². The zero-order chi connectivity index (χ0) is 13.1. The van der Waals surface area contributed by atoms with Crippen LogP contribution in [-0.4, -0.2) is 28.6 Å². The lowest BCUT2D eigenvalue weighted by Crippen LogP contribution is -2.26. The largest absolute Gasteiger partial charge is 0.399 e. The second-order valence-corrected chi connectivity index (χ2v) is 4.40. The first-order valence-electron chi connectivity index (χ1n) is 5.91. The number of nitrogen functional groups attached to an aromatic ring is 1. The second kappa shape index (κ2) is 5.10. The number of rotatable bonds is 4. The number of carbonyl (C=O) groups excluding carboxylic acids is 1. The Hall–Kier alpha value is -2.01. The summed E-state index contributed by atoms with van der Waals surface area (Å²) in [5.74, 6) is -0.147. The molecule has 5 N–H and O–H groups in total. The molecule has 18 heavy (non-hydrogen) atoms. The van der Waals surface area contributed by atoms with Crippen LogP contribution in [0.3, 0.4) is 0 Å². The molecule has 5 heteroatoms. The summed E-state index contributed by atoms with van der Waals surface area (Å²) in [5, 5.41) is 12.7. The van der Waals surface area contributed by atoms with Crippen molar-refractivity contribution in [3.05, 3.63) is 30.0 Å². The monoisotopic (exact) mass is 247 g/mol. The summed E-state index contributed by atoms with van der Waals surface area (Å²) in [6.45, 7) is 2.15. The molecule has 1 atom stereocenters. The molecule has 0 aliphatic carbocycles. The summed E-state index contributed by atoms with van der Waals surface area (Å²) in [7, 11) is 0. The van der Waals surface area contributed by atoms with E-state index in [1.807, 2.05) is 6.07 Å². The van der Waals surface area contributed by atoms with Crippen LogP contribution in [0.25, 0.3) is 10.9 Å². The Kier molecular flexibility index (Phi) is 3.53. The van der Waals surface area contributed by atoms with Crippen LogP contribution in [0.4, 0.5) is 5.69 Å². The second-order valence-electron chi connectivity index (χ2n) is 4.40. The Morgan fingerprint density at radius 1 is 1.56 bits per heavy atom. The summed E-state index contributed by atoms with van der Waals surface area (Å²) in [4.78, 5) is 15.0. The van der Waals surface area contributed by atoms with Crippen molar-refractivity contribution in [2.45, 2.75) is 19.4 Å². The van der Waals surface area contributed by atoms with Crippen LogP contribution in [-0.2, 0) is 0 Å². The number of aromatic amines is 1. The maximum absolute atomic E-state index is 11.9. The van der Waals surface area contributed by atoms with E-state index in [4.69, 9.17) is 10.8 Å². The minimum atomic E-state index is -0.409. The highest BCUT2D eigenvalue weighted by Crippen LogP contribution is 2.20. The van der Waals surface area contributed by atoms with Gasteiger partial charge in [-0.3, -0.25) is 4.79 Å². The van der Waals surface area contributed by atoms with Gasteiger partial charge in [-0.25, -0.2) is 0 Å². The predicted octanol–water partition coefficient (Wildman–Crippen LogP) is 1.25. The highest BCUT2D eigenvalue weighted by molar-refractivity contribution is 6.07. The number of aromatic nitrogens is 1. The third-order valence-electron chi connectivity index (χ3n) is 2.80. The number of benzene rings is 1. The molecule has 1 aromatic carbocycles. The van der Waals surface area contributed by atoms with Gasteiger partial charge in [0.15, 0.2) is 0 Å². The maximum Gasteiger partial charge on any atom is 0.253 e. The average molecular weight is 247 g/mol. The Bertz CT molecular complexity index is 560. The van der Waals surface area contributed by atoms with Crippen LogP contribution in [0.15, 0.2) is 24.4 Å². The van der Waals surface area contributed by atoms with E-state index in [2.05, 4.69) is 10.3 Å². The number of fused-ring (bicyclic) bond motifs is 1. The Balaban J connectivity index is 2.13. The van der Waals surface area contributed by atoms with Gasteiger partial charge in [0.25, 0.3) is 5.91 Å². The number of hydrogen-bond donors (Lipinski definition) is 4. The molecule has 2 aromatic rings. The Morgan fingerprint density at radius 3 is 3.06 bits per heavy atom. The van der Waals surface area contributed by atoms with E-state index in [1.165, 1.54) is 0 Å². The molecule has 0 saturated heterocycles. The lowest BCUT2D eigenvalue weighted by atomic mass is 10.1. The first-order valence-corrected chi connectivity index (χ1v) is 5.91. The average Bonchev–Trinajstić information content (AvgIpc) is 2.71. The number of nitrogens with two attached hydrogens (primary N) is 1. The van der Waals surface area contributed by atoms with Crippen molar-refractivity contribution in [1.29, 1.82) is 0 Å². The Morgan fingerprint density at radius 2 is 2.33 bits per heavy atom.